The van der Waals surface area contributed by atoms with Crippen LogP contribution in [0.5, 0.6) is 5.75 Å². The summed E-state index contributed by atoms with van der Waals surface area (Å²) < 4.78 is 35.5. The molecule has 21 heavy (non-hydrogen) atoms. The van der Waals surface area contributed by atoms with Crippen molar-refractivity contribution in [2.75, 3.05) is 6.54 Å². The molecule has 0 saturated carbocycles. The van der Waals surface area contributed by atoms with Crippen molar-refractivity contribution in [3.05, 3.63) is 29.3 Å². The highest BCUT2D eigenvalue weighted by atomic mass is 32.3. The van der Waals surface area contributed by atoms with Crippen LogP contribution in [0, 0.1) is 0 Å². The molecule has 1 aromatic rings. The van der Waals surface area contributed by atoms with Crippen molar-refractivity contribution in [2.45, 2.75) is 39.0 Å². The first kappa shape index (κ1) is 17.9. The van der Waals surface area contributed by atoms with Crippen molar-refractivity contribution in [1.82, 2.24) is 5.32 Å². The standard InChI is InChI=1S/C13H21NO6S/c1-13(2,3)14-7-12(20-21(17,18)19)9-4-5-11(16)10(6-9)8-15/h4-6,12,14-16H,7-8H2,1-3H3,(H,17,18,19)/t12-/m0/s1. The lowest BCUT2D eigenvalue weighted by Crippen LogP contribution is -2.39. The highest BCUT2D eigenvalue weighted by Gasteiger charge is 2.22. The van der Waals surface area contributed by atoms with Gasteiger partial charge in [-0.15, -0.1) is 0 Å². The van der Waals surface area contributed by atoms with Gasteiger partial charge >= 0.3 is 10.4 Å². The highest BCUT2D eigenvalue weighted by Crippen LogP contribution is 2.25. The van der Waals surface area contributed by atoms with Crippen LogP contribution in [0.2, 0.25) is 0 Å². The quantitative estimate of drug-likeness (QED) is 0.581. The Balaban J connectivity index is 3.05. The van der Waals surface area contributed by atoms with Gasteiger partial charge in [-0.25, -0.2) is 4.18 Å². The summed E-state index contributed by atoms with van der Waals surface area (Å²) in [5, 5.41) is 21.7. The first-order chi connectivity index (χ1) is 9.52. The lowest BCUT2D eigenvalue weighted by atomic mass is 10.0. The van der Waals surface area contributed by atoms with Crippen LogP contribution < -0.4 is 5.32 Å². The molecule has 0 aliphatic carbocycles. The zero-order valence-electron chi connectivity index (χ0n) is 12.2. The molecule has 0 aliphatic rings. The third-order valence-corrected chi connectivity index (χ3v) is 3.18. The van der Waals surface area contributed by atoms with Gasteiger partial charge < -0.3 is 15.5 Å². The molecule has 0 amide bonds. The summed E-state index contributed by atoms with van der Waals surface area (Å²) >= 11 is 0. The summed E-state index contributed by atoms with van der Waals surface area (Å²) in [5.74, 6) is -0.101. The van der Waals surface area contributed by atoms with Crippen LogP contribution in [0.15, 0.2) is 18.2 Å². The smallest absolute Gasteiger partial charge is 0.397 e. The zero-order chi connectivity index (χ0) is 16.3. The van der Waals surface area contributed by atoms with E-state index in [0.29, 0.717) is 5.56 Å². The molecule has 0 unspecified atom stereocenters. The lowest BCUT2D eigenvalue weighted by Gasteiger charge is -2.25. The van der Waals surface area contributed by atoms with E-state index in [1.807, 2.05) is 20.8 Å². The molecule has 1 rings (SSSR count). The fraction of sp³-hybridized carbons (Fsp3) is 0.538. The first-order valence-electron chi connectivity index (χ1n) is 6.35. The van der Waals surface area contributed by atoms with Crippen molar-refractivity contribution in [3.63, 3.8) is 0 Å². The summed E-state index contributed by atoms with van der Waals surface area (Å²) in [4.78, 5) is 0. The Morgan fingerprint density at radius 2 is 1.95 bits per heavy atom. The van der Waals surface area contributed by atoms with E-state index in [9.17, 15) is 13.5 Å². The molecule has 1 aromatic carbocycles. The fourth-order valence-corrected chi connectivity index (χ4v) is 2.16. The number of aliphatic hydroxyl groups is 1. The van der Waals surface area contributed by atoms with Crippen LogP contribution in [-0.4, -0.2) is 35.3 Å². The topological polar surface area (TPSA) is 116 Å². The first-order valence-corrected chi connectivity index (χ1v) is 7.72. The largest absolute Gasteiger partial charge is 0.508 e. The number of aliphatic hydroxyl groups excluding tert-OH is 1. The number of hydrogen-bond donors (Lipinski definition) is 4. The second-order valence-corrected chi connectivity index (χ2v) is 6.74. The summed E-state index contributed by atoms with van der Waals surface area (Å²) in [6.45, 7) is 5.42. The maximum atomic E-state index is 11.0. The molecule has 0 aromatic heterocycles. The van der Waals surface area contributed by atoms with Crippen LogP contribution in [-0.2, 0) is 21.2 Å². The Labute approximate surface area is 124 Å². The molecule has 8 heteroatoms. The maximum Gasteiger partial charge on any atom is 0.397 e. The van der Waals surface area contributed by atoms with E-state index in [0.717, 1.165) is 0 Å². The zero-order valence-corrected chi connectivity index (χ0v) is 13.0. The monoisotopic (exact) mass is 319 g/mol. The molecule has 0 saturated heterocycles. The van der Waals surface area contributed by atoms with Gasteiger partial charge in [-0.2, -0.15) is 8.42 Å². The molecule has 120 valence electrons. The van der Waals surface area contributed by atoms with Crippen molar-refractivity contribution in [3.8, 4) is 5.75 Å². The van der Waals surface area contributed by atoms with Gasteiger partial charge in [-0.3, -0.25) is 4.55 Å². The van der Waals surface area contributed by atoms with Gasteiger partial charge in [0.2, 0.25) is 0 Å². The van der Waals surface area contributed by atoms with E-state index in [4.69, 9.17) is 9.66 Å². The summed E-state index contributed by atoms with van der Waals surface area (Å²) in [6, 6.07) is 4.22. The molecular weight excluding hydrogens is 298 g/mol. The minimum Gasteiger partial charge on any atom is -0.508 e. The van der Waals surface area contributed by atoms with E-state index in [2.05, 4.69) is 9.50 Å². The Kier molecular flexibility index (Phi) is 5.71. The van der Waals surface area contributed by atoms with Gasteiger partial charge in [0.15, 0.2) is 0 Å². The number of nitrogens with one attached hydrogen (secondary N) is 1. The third-order valence-electron chi connectivity index (χ3n) is 2.70. The highest BCUT2D eigenvalue weighted by molar-refractivity contribution is 7.80. The van der Waals surface area contributed by atoms with Crippen molar-refractivity contribution < 1.29 is 27.4 Å². The predicted octanol–water partition coefficient (Wildman–Crippen LogP) is 1.13. The van der Waals surface area contributed by atoms with Gasteiger partial charge in [0, 0.05) is 17.6 Å². The normalized spacial score (nSPS) is 14.1. The van der Waals surface area contributed by atoms with Crippen LogP contribution in [0.3, 0.4) is 0 Å². The van der Waals surface area contributed by atoms with E-state index in [1.165, 1.54) is 18.2 Å². The molecule has 0 heterocycles. The van der Waals surface area contributed by atoms with Crippen LogP contribution in [0.1, 0.15) is 38.0 Å². The lowest BCUT2D eigenvalue weighted by molar-refractivity contribution is 0.170. The Morgan fingerprint density at radius 1 is 1.33 bits per heavy atom. The van der Waals surface area contributed by atoms with Gasteiger partial charge in [0.25, 0.3) is 0 Å². The SMILES string of the molecule is CC(C)(C)NC[C@H](OS(=O)(=O)O)c1ccc(O)c(CO)c1. The average molecular weight is 319 g/mol. The van der Waals surface area contributed by atoms with Gasteiger partial charge in [-0.05, 0) is 38.5 Å². The molecule has 0 aliphatic heterocycles. The van der Waals surface area contributed by atoms with Crippen LogP contribution in [0.25, 0.3) is 0 Å². The second kappa shape index (κ2) is 6.71. The summed E-state index contributed by atoms with van der Waals surface area (Å²) in [6.07, 6.45) is -0.981. The van der Waals surface area contributed by atoms with E-state index in [-0.39, 0.29) is 23.4 Å². The summed E-state index contributed by atoms with van der Waals surface area (Å²) in [5.41, 5.74) is 0.371. The Hall–Kier alpha value is -1.19. The number of benzene rings is 1. The predicted molar refractivity (Wildman–Crippen MR) is 77.2 cm³/mol. The van der Waals surface area contributed by atoms with E-state index >= 15 is 0 Å². The second-order valence-electron chi connectivity index (χ2n) is 5.69. The number of rotatable bonds is 6. The molecule has 4 N–H and O–H groups in total. The van der Waals surface area contributed by atoms with E-state index < -0.39 is 23.1 Å². The molecule has 7 nitrogen and oxygen atoms in total. The van der Waals surface area contributed by atoms with Crippen LogP contribution >= 0.6 is 0 Å². The van der Waals surface area contributed by atoms with Gasteiger partial charge in [-0.1, -0.05) is 6.07 Å². The molecule has 0 bridgehead atoms. The molecule has 0 spiro atoms. The molecule has 1 atom stereocenters. The van der Waals surface area contributed by atoms with Gasteiger partial charge in [0.05, 0.1) is 6.61 Å². The van der Waals surface area contributed by atoms with Gasteiger partial charge in [0.1, 0.15) is 11.9 Å². The molecule has 0 fully saturated rings. The molecule has 0 radical (unpaired) electrons. The minimum atomic E-state index is -4.63. The third kappa shape index (κ3) is 6.40. The summed E-state index contributed by atoms with van der Waals surface area (Å²) in [7, 11) is -4.63. The Morgan fingerprint density at radius 3 is 2.43 bits per heavy atom. The molecular formula is C13H21NO6S. The van der Waals surface area contributed by atoms with Crippen LogP contribution in [0.4, 0.5) is 0 Å². The number of phenols is 1. The average Bonchev–Trinajstić information content (AvgIpc) is 2.33. The van der Waals surface area contributed by atoms with Crippen molar-refractivity contribution in [1.29, 1.82) is 0 Å². The number of aromatic hydroxyl groups is 1. The van der Waals surface area contributed by atoms with E-state index in [1.54, 1.807) is 0 Å². The van der Waals surface area contributed by atoms with Crippen molar-refractivity contribution in [2.24, 2.45) is 0 Å². The van der Waals surface area contributed by atoms with Crippen molar-refractivity contribution >= 4 is 10.4 Å². The Bertz CT molecular complexity index is 579. The number of hydrogen-bond acceptors (Lipinski definition) is 6. The maximum absolute atomic E-state index is 11.0. The fourth-order valence-electron chi connectivity index (χ4n) is 1.69. The minimum absolute atomic E-state index is 0.101.